The first-order valence-electron chi connectivity index (χ1n) is 7.49. The summed E-state index contributed by atoms with van der Waals surface area (Å²) in [4.78, 5) is 12.3. The number of halogens is 1. The van der Waals surface area contributed by atoms with Crippen molar-refractivity contribution >= 4 is 17.5 Å². The Morgan fingerprint density at radius 3 is 2.82 bits per heavy atom. The smallest absolute Gasteiger partial charge is 0.254 e. The third kappa shape index (κ3) is 3.48. The van der Waals surface area contributed by atoms with E-state index in [-0.39, 0.29) is 18.0 Å². The first-order valence-corrected chi connectivity index (χ1v) is 7.86. The molecule has 6 heteroatoms. The second-order valence-corrected chi connectivity index (χ2v) is 6.18. The molecule has 3 N–H and O–H groups in total. The summed E-state index contributed by atoms with van der Waals surface area (Å²) in [6.45, 7) is 0. The number of carbonyl (C=O) groups is 1. The SMILES string of the molecule is NC1CCC(NC(=O)c2cnn(-c3cccc(Cl)c3)c2)CC1. The van der Waals surface area contributed by atoms with Crippen molar-refractivity contribution in [3.63, 3.8) is 0 Å². The van der Waals surface area contributed by atoms with Crippen LogP contribution in [0.25, 0.3) is 5.69 Å². The van der Waals surface area contributed by atoms with Gasteiger partial charge in [0.05, 0.1) is 17.4 Å². The monoisotopic (exact) mass is 318 g/mol. The lowest BCUT2D eigenvalue weighted by Gasteiger charge is -2.26. The van der Waals surface area contributed by atoms with E-state index in [4.69, 9.17) is 17.3 Å². The Morgan fingerprint density at radius 2 is 2.09 bits per heavy atom. The molecule has 0 radical (unpaired) electrons. The lowest BCUT2D eigenvalue weighted by atomic mass is 9.92. The van der Waals surface area contributed by atoms with Crippen molar-refractivity contribution in [1.82, 2.24) is 15.1 Å². The number of nitrogens with two attached hydrogens (primary N) is 1. The molecule has 2 aromatic rings. The van der Waals surface area contributed by atoms with Crippen LogP contribution < -0.4 is 11.1 Å². The van der Waals surface area contributed by atoms with Gasteiger partial charge in [-0.3, -0.25) is 4.79 Å². The number of carbonyl (C=O) groups excluding carboxylic acids is 1. The molecule has 1 amide bonds. The van der Waals surface area contributed by atoms with Gasteiger partial charge < -0.3 is 11.1 Å². The fourth-order valence-electron chi connectivity index (χ4n) is 2.73. The quantitative estimate of drug-likeness (QED) is 0.913. The van der Waals surface area contributed by atoms with Crippen LogP contribution in [0.15, 0.2) is 36.7 Å². The van der Waals surface area contributed by atoms with Gasteiger partial charge >= 0.3 is 0 Å². The highest BCUT2D eigenvalue weighted by Gasteiger charge is 2.21. The zero-order chi connectivity index (χ0) is 15.5. The van der Waals surface area contributed by atoms with E-state index in [1.807, 2.05) is 12.1 Å². The molecular weight excluding hydrogens is 300 g/mol. The molecule has 1 saturated carbocycles. The number of amides is 1. The molecule has 0 aliphatic heterocycles. The molecule has 1 aliphatic rings. The van der Waals surface area contributed by atoms with Gasteiger partial charge in [0.25, 0.3) is 5.91 Å². The van der Waals surface area contributed by atoms with Crippen molar-refractivity contribution in [1.29, 1.82) is 0 Å². The molecule has 0 atom stereocenters. The molecule has 1 fully saturated rings. The van der Waals surface area contributed by atoms with Crippen LogP contribution in [-0.4, -0.2) is 27.8 Å². The van der Waals surface area contributed by atoms with Crippen LogP contribution in [0.5, 0.6) is 0 Å². The van der Waals surface area contributed by atoms with E-state index >= 15 is 0 Å². The molecule has 1 aromatic carbocycles. The predicted molar refractivity (Wildman–Crippen MR) is 86.3 cm³/mol. The molecule has 0 bridgehead atoms. The molecule has 5 nitrogen and oxygen atoms in total. The molecule has 22 heavy (non-hydrogen) atoms. The summed E-state index contributed by atoms with van der Waals surface area (Å²) >= 11 is 5.97. The second kappa shape index (κ2) is 6.50. The normalized spacial score (nSPS) is 21.5. The summed E-state index contributed by atoms with van der Waals surface area (Å²) < 4.78 is 1.65. The summed E-state index contributed by atoms with van der Waals surface area (Å²) in [5, 5.41) is 7.93. The third-order valence-electron chi connectivity index (χ3n) is 4.02. The number of rotatable bonds is 3. The minimum absolute atomic E-state index is 0.0891. The summed E-state index contributed by atoms with van der Waals surface area (Å²) in [5.74, 6) is -0.0891. The average molecular weight is 319 g/mol. The van der Waals surface area contributed by atoms with Crippen LogP contribution in [0.1, 0.15) is 36.0 Å². The number of hydrogen-bond acceptors (Lipinski definition) is 3. The van der Waals surface area contributed by atoms with Gasteiger partial charge in [-0.05, 0) is 43.9 Å². The topological polar surface area (TPSA) is 72.9 Å². The fourth-order valence-corrected chi connectivity index (χ4v) is 2.92. The molecule has 1 aromatic heterocycles. The Labute approximate surface area is 134 Å². The van der Waals surface area contributed by atoms with Gasteiger partial charge in [0.1, 0.15) is 0 Å². The van der Waals surface area contributed by atoms with Gasteiger partial charge in [0, 0.05) is 23.3 Å². The van der Waals surface area contributed by atoms with Crippen molar-refractivity contribution in [2.75, 3.05) is 0 Å². The Bertz CT molecular complexity index is 662. The second-order valence-electron chi connectivity index (χ2n) is 5.74. The molecule has 0 saturated heterocycles. The zero-order valence-electron chi connectivity index (χ0n) is 12.2. The van der Waals surface area contributed by atoms with Crippen LogP contribution in [0.4, 0.5) is 0 Å². The summed E-state index contributed by atoms with van der Waals surface area (Å²) in [6.07, 6.45) is 7.10. The molecule has 0 spiro atoms. The lowest BCUT2D eigenvalue weighted by molar-refractivity contribution is 0.0926. The Balaban J connectivity index is 1.67. The number of nitrogens with zero attached hydrogens (tertiary/aromatic N) is 2. The van der Waals surface area contributed by atoms with Gasteiger partial charge in [0.15, 0.2) is 0 Å². The highest BCUT2D eigenvalue weighted by molar-refractivity contribution is 6.30. The number of hydrogen-bond donors (Lipinski definition) is 2. The van der Waals surface area contributed by atoms with Gasteiger partial charge in [-0.1, -0.05) is 17.7 Å². The van der Waals surface area contributed by atoms with Gasteiger partial charge in [0.2, 0.25) is 0 Å². The molecular formula is C16H19ClN4O. The zero-order valence-corrected chi connectivity index (χ0v) is 13.0. The van der Waals surface area contributed by atoms with Gasteiger partial charge in [-0.25, -0.2) is 4.68 Å². The first kappa shape index (κ1) is 15.1. The molecule has 1 heterocycles. The van der Waals surface area contributed by atoms with E-state index in [1.165, 1.54) is 0 Å². The van der Waals surface area contributed by atoms with Crippen molar-refractivity contribution < 1.29 is 4.79 Å². The van der Waals surface area contributed by atoms with E-state index in [0.717, 1.165) is 31.4 Å². The Morgan fingerprint density at radius 1 is 1.32 bits per heavy atom. The molecule has 0 unspecified atom stereocenters. The van der Waals surface area contributed by atoms with E-state index in [0.29, 0.717) is 10.6 Å². The van der Waals surface area contributed by atoms with Crippen LogP contribution in [-0.2, 0) is 0 Å². The number of benzene rings is 1. The standard InChI is InChI=1S/C16H19ClN4O/c17-12-2-1-3-15(8-12)21-10-11(9-19-21)16(22)20-14-6-4-13(18)5-7-14/h1-3,8-10,13-14H,4-7,18H2,(H,20,22). The maximum atomic E-state index is 12.3. The van der Waals surface area contributed by atoms with Gasteiger partial charge in [-0.2, -0.15) is 5.10 Å². The summed E-state index contributed by atoms with van der Waals surface area (Å²) in [6, 6.07) is 7.84. The van der Waals surface area contributed by atoms with E-state index < -0.39 is 0 Å². The predicted octanol–water partition coefficient (Wildman–Crippen LogP) is 2.53. The number of aromatic nitrogens is 2. The van der Waals surface area contributed by atoms with Crippen molar-refractivity contribution in [2.45, 2.75) is 37.8 Å². The number of nitrogens with one attached hydrogen (secondary N) is 1. The van der Waals surface area contributed by atoms with Crippen LogP contribution in [0.3, 0.4) is 0 Å². The minimum Gasteiger partial charge on any atom is -0.349 e. The average Bonchev–Trinajstić information content (AvgIpc) is 3.00. The van der Waals surface area contributed by atoms with Crippen molar-refractivity contribution in [2.24, 2.45) is 5.73 Å². The largest absolute Gasteiger partial charge is 0.349 e. The molecule has 3 rings (SSSR count). The van der Waals surface area contributed by atoms with Crippen LogP contribution in [0, 0.1) is 0 Å². The van der Waals surface area contributed by atoms with Crippen LogP contribution in [0.2, 0.25) is 5.02 Å². The van der Waals surface area contributed by atoms with E-state index in [9.17, 15) is 4.79 Å². The highest BCUT2D eigenvalue weighted by atomic mass is 35.5. The fraction of sp³-hybridized carbons (Fsp3) is 0.375. The molecule has 1 aliphatic carbocycles. The minimum atomic E-state index is -0.0891. The first-order chi connectivity index (χ1) is 10.6. The molecule has 116 valence electrons. The summed E-state index contributed by atoms with van der Waals surface area (Å²) in [7, 11) is 0. The van der Waals surface area contributed by atoms with Crippen molar-refractivity contribution in [3.8, 4) is 5.69 Å². The third-order valence-corrected chi connectivity index (χ3v) is 4.26. The van der Waals surface area contributed by atoms with Gasteiger partial charge in [-0.15, -0.1) is 0 Å². The van der Waals surface area contributed by atoms with E-state index in [1.54, 1.807) is 29.2 Å². The van der Waals surface area contributed by atoms with Crippen molar-refractivity contribution in [3.05, 3.63) is 47.2 Å². The van der Waals surface area contributed by atoms with Crippen LogP contribution >= 0.6 is 11.6 Å². The maximum Gasteiger partial charge on any atom is 0.254 e. The summed E-state index contributed by atoms with van der Waals surface area (Å²) in [5.41, 5.74) is 7.26. The Kier molecular flexibility index (Phi) is 4.45. The maximum absolute atomic E-state index is 12.3. The lowest BCUT2D eigenvalue weighted by Crippen LogP contribution is -2.40. The Hall–Kier alpha value is -1.85. The highest BCUT2D eigenvalue weighted by Crippen LogP contribution is 2.18. The van der Waals surface area contributed by atoms with E-state index in [2.05, 4.69) is 10.4 Å².